The highest BCUT2D eigenvalue weighted by molar-refractivity contribution is 5.30. The number of nitro groups is 1. The molecule has 0 fully saturated rings. The number of hydrogen-bond donors (Lipinski definition) is 1. The molecule has 0 bridgehead atoms. The van der Waals surface area contributed by atoms with Crippen molar-refractivity contribution in [2.45, 2.75) is 19.9 Å². The van der Waals surface area contributed by atoms with Crippen LogP contribution in [0.15, 0.2) is 23.0 Å². The van der Waals surface area contributed by atoms with Gasteiger partial charge in [0.25, 0.3) is 0 Å². The predicted molar refractivity (Wildman–Crippen MR) is 61.9 cm³/mol. The van der Waals surface area contributed by atoms with Gasteiger partial charge in [-0.15, -0.1) is 0 Å². The lowest BCUT2D eigenvalue weighted by atomic mass is 10.4. The molecule has 94 valence electrons. The maximum atomic E-state index is 10.4. The Morgan fingerprint density at radius 2 is 2.06 bits per heavy atom. The summed E-state index contributed by atoms with van der Waals surface area (Å²) in [6, 6.07) is 0. The average molecular weight is 249 g/mol. The van der Waals surface area contributed by atoms with E-state index in [9.17, 15) is 10.1 Å². The van der Waals surface area contributed by atoms with Crippen molar-refractivity contribution in [3.8, 4) is 0 Å². The van der Waals surface area contributed by atoms with Gasteiger partial charge in [-0.2, -0.15) is 0 Å². The summed E-state index contributed by atoms with van der Waals surface area (Å²) >= 11 is 0. The summed E-state index contributed by atoms with van der Waals surface area (Å²) in [6.07, 6.45) is 4.72. The molecule has 0 aliphatic heterocycles. The second kappa shape index (κ2) is 5.21. The number of anilines is 1. The van der Waals surface area contributed by atoms with Gasteiger partial charge in [0.2, 0.25) is 11.8 Å². The van der Waals surface area contributed by atoms with Crippen molar-refractivity contribution in [1.82, 2.24) is 15.0 Å². The van der Waals surface area contributed by atoms with E-state index in [1.54, 1.807) is 6.20 Å². The lowest BCUT2D eigenvalue weighted by Gasteiger charge is -2.00. The first-order valence-electron chi connectivity index (χ1n) is 5.33. The van der Waals surface area contributed by atoms with Crippen LogP contribution in [0.5, 0.6) is 0 Å². The fourth-order valence-corrected chi connectivity index (χ4v) is 1.25. The molecule has 0 unspecified atom stereocenters. The summed E-state index contributed by atoms with van der Waals surface area (Å²) in [6.45, 7) is 2.30. The fourth-order valence-electron chi connectivity index (χ4n) is 1.25. The molecule has 1 N–H and O–H groups in total. The molecule has 2 rings (SSSR count). The number of aryl methyl sites for hydroxylation is 1. The minimum Gasteiger partial charge on any atom is -0.444 e. The smallest absolute Gasteiger partial charge is 0.305 e. The van der Waals surface area contributed by atoms with E-state index in [2.05, 4.69) is 20.3 Å². The third-order valence-corrected chi connectivity index (χ3v) is 2.20. The minimum absolute atomic E-state index is 0.148. The Balaban J connectivity index is 1.95. The highest BCUT2D eigenvalue weighted by Gasteiger charge is 2.07. The Morgan fingerprint density at radius 3 is 2.61 bits per heavy atom. The molecule has 2 heterocycles. The highest BCUT2D eigenvalue weighted by Crippen LogP contribution is 2.09. The van der Waals surface area contributed by atoms with Gasteiger partial charge in [-0.1, -0.05) is 6.92 Å². The minimum atomic E-state index is -0.550. The van der Waals surface area contributed by atoms with E-state index in [-0.39, 0.29) is 11.6 Å². The molecule has 0 atom stereocenters. The van der Waals surface area contributed by atoms with Crippen molar-refractivity contribution >= 4 is 11.6 Å². The van der Waals surface area contributed by atoms with Crippen LogP contribution in [0.25, 0.3) is 0 Å². The second-order valence-corrected chi connectivity index (χ2v) is 3.45. The van der Waals surface area contributed by atoms with Crippen molar-refractivity contribution < 1.29 is 9.34 Å². The van der Waals surface area contributed by atoms with Crippen LogP contribution in [0, 0.1) is 10.1 Å². The van der Waals surface area contributed by atoms with Gasteiger partial charge >= 0.3 is 5.69 Å². The van der Waals surface area contributed by atoms with Gasteiger partial charge in [0.15, 0.2) is 0 Å². The standard InChI is InChI=1S/C10H11N5O3/c1-2-8-5-11-9(18-8)6-14-10-12-3-7(4-13-10)15(16)17/h3-5H,2,6H2,1H3,(H,12,13,14). The molecule has 0 spiro atoms. The normalized spacial score (nSPS) is 10.3. The number of aromatic nitrogens is 3. The number of hydrogen-bond acceptors (Lipinski definition) is 7. The van der Waals surface area contributed by atoms with Gasteiger partial charge in [-0.25, -0.2) is 15.0 Å². The molecule has 2 aromatic rings. The van der Waals surface area contributed by atoms with Gasteiger partial charge in [-0.3, -0.25) is 10.1 Å². The van der Waals surface area contributed by atoms with Crippen LogP contribution in [0.2, 0.25) is 0 Å². The summed E-state index contributed by atoms with van der Waals surface area (Å²) in [7, 11) is 0. The number of rotatable bonds is 5. The molecule has 0 aliphatic carbocycles. The summed E-state index contributed by atoms with van der Waals surface area (Å²) in [5, 5.41) is 13.3. The van der Waals surface area contributed by atoms with Crippen molar-refractivity contribution in [2.24, 2.45) is 0 Å². The molecule has 0 aromatic carbocycles. The van der Waals surface area contributed by atoms with Crippen molar-refractivity contribution in [3.05, 3.63) is 40.4 Å². The highest BCUT2D eigenvalue weighted by atomic mass is 16.6. The van der Waals surface area contributed by atoms with E-state index < -0.39 is 4.92 Å². The van der Waals surface area contributed by atoms with Crippen molar-refractivity contribution in [1.29, 1.82) is 0 Å². The molecular formula is C10H11N5O3. The first kappa shape index (κ1) is 12.0. The molecule has 0 radical (unpaired) electrons. The van der Waals surface area contributed by atoms with Crippen LogP contribution in [0.3, 0.4) is 0 Å². The molecule has 0 saturated heterocycles. The average Bonchev–Trinajstić information content (AvgIpc) is 2.85. The van der Waals surface area contributed by atoms with Crippen LogP contribution in [0.4, 0.5) is 11.6 Å². The van der Waals surface area contributed by atoms with Gasteiger partial charge in [0, 0.05) is 6.42 Å². The van der Waals surface area contributed by atoms with E-state index in [4.69, 9.17) is 4.42 Å². The largest absolute Gasteiger partial charge is 0.444 e. The Morgan fingerprint density at radius 1 is 1.33 bits per heavy atom. The number of nitrogens with zero attached hydrogens (tertiary/aromatic N) is 4. The van der Waals surface area contributed by atoms with E-state index >= 15 is 0 Å². The van der Waals surface area contributed by atoms with Gasteiger partial charge < -0.3 is 9.73 Å². The van der Waals surface area contributed by atoms with Crippen LogP contribution < -0.4 is 5.32 Å². The van der Waals surface area contributed by atoms with Crippen LogP contribution in [-0.2, 0) is 13.0 Å². The molecule has 0 aliphatic rings. The quantitative estimate of drug-likeness (QED) is 0.632. The zero-order valence-electron chi connectivity index (χ0n) is 9.66. The van der Waals surface area contributed by atoms with Crippen LogP contribution >= 0.6 is 0 Å². The SMILES string of the molecule is CCc1cnc(CNc2ncc([N+](=O)[O-])cn2)o1. The third kappa shape index (κ3) is 2.78. The summed E-state index contributed by atoms with van der Waals surface area (Å²) in [5.74, 6) is 1.61. The maximum Gasteiger partial charge on any atom is 0.305 e. The lowest BCUT2D eigenvalue weighted by Crippen LogP contribution is -2.04. The first-order valence-corrected chi connectivity index (χ1v) is 5.33. The molecular weight excluding hydrogens is 238 g/mol. The van der Waals surface area contributed by atoms with E-state index in [1.807, 2.05) is 6.92 Å². The Labute approximate surface area is 102 Å². The third-order valence-electron chi connectivity index (χ3n) is 2.20. The monoisotopic (exact) mass is 249 g/mol. The van der Waals surface area contributed by atoms with Crippen molar-refractivity contribution in [2.75, 3.05) is 5.32 Å². The molecule has 0 amide bonds. The molecule has 2 aromatic heterocycles. The van der Waals surface area contributed by atoms with Gasteiger partial charge in [0.05, 0.1) is 17.7 Å². The molecule has 8 nitrogen and oxygen atoms in total. The number of oxazole rings is 1. The van der Waals surface area contributed by atoms with Gasteiger partial charge in [0.1, 0.15) is 18.2 Å². The Kier molecular flexibility index (Phi) is 3.46. The van der Waals surface area contributed by atoms with Crippen molar-refractivity contribution in [3.63, 3.8) is 0 Å². The van der Waals surface area contributed by atoms with Gasteiger partial charge in [-0.05, 0) is 0 Å². The summed E-state index contributed by atoms with van der Waals surface area (Å²) < 4.78 is 5.38. The summed E-state index contributed by atoms with van der Waals surface area (Å²) in [4.78, 5) is 21.5. The molecule has 8 heteroatoms. The van der Waals surface area contributed by atoms with E-state index in [0.29, 0.717) is 12.4 Å². The predicted octanol–water partition coefficient (Wildman–Crippen LogP) is 1.55. The molecule has 0 saturated carbocycles. The topological polar surface area (TPSA) is 107 Å². The Hall–Kier alpha value is -2.51. The zero-order valence-corrected chi connectivity index (χ0v) is 9.66. The Bertz CT molecular complexity index is 537. The van der Waals surface area contributed by atoms with Crippen LogP contribution in [-0.4, -0.2) is 19.9 Å². The summed E-state index contributed by atoms with van der Waals surface area (Å²) in [5.41, 5.74) is -0.148. The second-order valence-electron chi connectivity index (χ2n) is 3.45. The number of nitrogens with one attached hydrogen (secondary N) is 1. The first-order chi connectivity index (χ1) is 8.69. The zero-order chi connectivity index (χ0) is 13.0. The van der Waals surface area contributed by atoms with E-state index in [1.165, 1.54) is 0 Å². The van der Waals surface area contributed by atoms with E-state index in [0.717, 1.165) is 24.6 Å². The van der Waals surface area contributed by atoms with Crippen LogP contribution in [0.1, 0.15) is 18.6 Å². The lowest BCUT2D eigenvalue weighted by molar-refractivity contribution is -0.385. The maximum absolute atomic E-state index is 10.4. The fraction of sp³-hybridized carbons (Fsp3) is 0.300. The molecule has 18 heavy (non-hydrogen) atoms.